The van der Waals surface area contributed by atoms with Crippen LogP contribution in [0.3, 0.4) is 0 Å². The number of para-hydroxylation sites is 1. The van der Waals surface area contributed by atoms with Gasteiger partial charge >= 0.3 is 0 Å². The number of aromatic nitrogens is 3. The van der Waals surface area contributed by atoms with Crippen LogP contribution in [0.2, 0.25) is 0 Å². The van der Waals surface area contributed by atoms with Crippen molar-refractivity contribution in [2.24, 2.45) is 0 Å². The zero-order valence-electron chi connectivity index (χ0n) is 14.4. The number of pyridine rings is 1. The van der Waals surface area contributed by atoms with E-state index in [4.69, 9.17) is 0 Å². The van der Waals surface area contributed by atoms with E-state index >= 15 is 0 Å². The summed E-state index contributed by atoms with van der Waals surface area (Å²) in [6.07, 6.45) is 1.28. The average Bonchev–Trinajstić information content (AvgIpc) is 2.90. The molecule has 7 nitrogen and oxygen atoms in total. The number of benzene rings is 1. The Kier molecular flexibility index (Phi) is 4.47. The van der Waals surface area contributed by atoms with Crippen LogP contribution in [0.5, 0.6) is 0 Å². The van der Waals surface area contributed by atoms with Crippen LogP contribution in [-0.4, -0.2) is 26.7 Å². The fraction of sp³-hybridized carbons (Fsp3) is 0.222. The van der Waals surface area contributed by atoms with Gasteiger partial charge in [0.1, 0.15) is 12.0 Å². The second kappa shape index (κ2) is 6.72. The third-order valence-electron chi connectivity index (χ3n) is 4.17. The molecule has 0 aliphatic rings. The predicted octanol–water partition coefficient (Wildman–Crippen LogP) is 3.43. The quantitative estimate of drug-likeness (QED) is 0.526. The zero-order valence-corrected chi connectivity index (χ0v) is 14.4. The second-order valence-corrected chi connectivity index (χ2v) is 5.88. The molecule has 0 spiro atoms. The van der Waals surface area contributed by atoms with Gasteiger partial charge in [0.2, 0.25) is 0 Å². The molecule has 1 aromatic carbocycles. The van der Waals surface area contributed by atoms with E-state index in [2.05, 4.69) is 10.1 Å². The SMILES string of the molecule is Cc1nn(-c2ccccc2)c(C)c1CN(C)c1ccc([N+](=O)[O-])cn1. The van der Waals surface area contributed by atoms with Crippen molar-refractivity contribution < 1.29 is 4.92 Å². The van der Waals surface area contributed by atoms with Crippen LogP contribution < -0.4 is 4.90 Å². The van der Waals surface area contributed by atoms with Crippen molar-refractivity contribution in [1.29, 1.82) is 0 Å². The van der Waals surface area contributed by atoms with Crippen molar-refractivity contribution in [3.63, 3.8) is 0 Å². The van der Waals surface area contributed by atoms with Gasteiger partial charge in [-0.2, -0.15) is 5.10 Å². The maximum Gasteiger partial charge on any atom is 0.287 e. The minimum Gasteiger partial charge on any atom is -0.355 e. The van der Waals surface area contributed by atoms with Gasteiger partial charge in [0.05, 0.1) is 16.3 Å². The molecule has 0 saturated carbocycles. The van der Waals surface area contributed by atoms with E-state index in [0.29, 0.717) is 12.4 Å². The van der Waals surface area contributed by atoms with E-state index in [1.165, 1.54) is 12.3 Å². The molecule has 2 heterocycles. The largest absolute Gasteiger partial charge is 0.355 e. The fourth-order valence-corrected chi connectivity index (χ4v) is 2.75. The topological polar surface area (TPSA) is 77.1 Å². The Morgan fingerprint density at radius 2 is 1.88 bits per heavy atom. The van der Waals surface area contributed by atoms with Crippen LogP contribution in [-0.2, 0) is 6.54 Å². The highest BCUT2D eigenvalue weighted by Gasteiger charge is 2.16. The van der Waals surface area contributed by atoms with Crippen LogP contribution in [0.15, 0.2) is 48.7 Å². The van der Waals surface area contributed by atoms with E-state index in [-0.39, 0.29) is 5.69 Å². The Hall–Kier alpha value is -3.22. The normalized spacial score (nSPS) is 10.7. The van der Waals surface area contributed by atoms with Gasteiger partial charge in [-0.15, -0.1) is 0 Å². The summed E-state index contributed by atoms with van der Waals surface area (Å²) < 4.78 is 1.93. The molecule has 2 aromatic heterocycles. The molecule has 0 atom stereocenters. The predicted molar refractivity (Wildman–Crippen MR) is 96.0 cm³/mol. The first-order valence-corrected chi connectivity index (χ1v) is 7.89. The van der Waals surface area contributed by atoms with Crippen LogP contribution in [0.1, 0.15) is 17.0 Å². The smallest absolute Gasteiger partial charge is 0.287 e. The lowest BCUT2D eigenvalue weighted by Gasteiger charge is -2.18. The Labute approximate surface area is 145 Å². The van der Waals surface area contributed by atoms with Gasteiger partial charge in [-0.25, -0.2) is 9.67 Å². The first-order valence-electron chi connectivity index (χ1n) is 7.89. The zero-order chi connectivity index (χ0) is 18.0. The van der Waals surface area contributed by atoms with E-state index < -0.39 is 4.92 Å². The Morgan fingerprint density at radius 1 is 1.16 bits per heavy atom. The second-order valence-electron chi connectivity index (χ2n) is 5.88. The molecule has 25 heavy (non-hydrogen) atoms. The third kappa shape index (κ3) is 3.35. The lowest BCUT2D eigenvalue weighted by molar-refractivity contribution is -0.385. The molecule has 3 aromatic rings. The summed E-state index contributed by atoms with van der Waals surface area (Å²) in [7, 11) is 1.91. The summed E-state index contributed by atoms with van der Waals surface area (Å²) >= 11 is 0. The molecule has 3 rings (SSSR count). The van der Waals surface area contributed by atoms with Crippen molar-refractivity contribution in [3.05, 3.63) is 75.7 Å². The van der Waals surface area contributed by atoms with Gasteiger partial charge in [0.25, 0.3) is 5.69 Å². The lowest BCUT2D eigenvalue weighted by Crippen LogP contribution is -2.18. The van der Waals surface area contributed by atoms with Crippen molar-refractivity contribution in [1.82, 2.24) is 14.8 Å². The molecule has 0 fully saturated rings. The first kappa shape index (κ1) is 16.6. The fourth-order valence-electron chi connectivity index (χ4n) is 2.75. The monoisotopic (exact) mass is 337 g/mol. The molecule has 0 aliphatic carbocycles. The molecule has 0 radical (unpaired) electrons. The minimum atomic E-state index is -0.449. The molecule has 0 unspecified atom stereocenters. The summed E-state index contributed by atoms with van der Waals surface area (Å²) in [6.45, 7) is 4.65. The van der Waals surface area contributed by atoms with Crippen LogP contribution in [0.25, 0.3) is 5.69 Å². The van der Waals surface area contributed by atoms with E-state index in [9.17, 15) is 10.1 Å². The number of hydrogen-bond donors (Lipinski definition) is 0. The third-order valence-corrected chi connectivity index (χ3v) is 4.17. The summed E-state index contributed by atoms with van der Waals surface area (Å²) in [5.74, 6) is 0.678. The number of nitrogens with zero attached hydrogens (tertiary/aromatic N) is 5. The van der Waals surface area contributed by atoms with E-state index in [1.807, 2.05) is 60.8 Å². The number of rotatable bonds is 5. The molecule has 0 amide bonds. The van der Waals surface area contributed by atoms with E-state index in [0.717, 1.165) is 22.6 Å². The Bertz CT molecular complexity index is 888. The summed E-state index contributed by atoms with van der Waals surface area (Å²) in [5.41, 5.74) is 4.14. The van der Waals surface area contributed by atoms with Gasteiger partial charge < -0.3 is 4.90 Å². The number of nitro groups is 1. The average molecular weight is 337 g/mol. The van der Waals surface area contributed by atoms with Crippen molar-refractivity contribution in [2.75, 3.05) is 11.9 Å². The molecular weight excluding hydrogens is 318 g/mol. The Balaban J connectivity index is 1.85. The van der Waals surface area contributed by atoms with Crippen LogP contribution in [0.4, 0.5) is 11.5 Å². The van der Waals surface area contributed by atoms with Crippen molar-refractivity contribution in [3.8, 4) is 5.69 Å². The van der Waals surface area contributed by atoms with Crippen molar-refractivity contribution in [2.45, 2.75) is 20.4 Å². The maximum absolute atomic E-state index is 10.7. The maximum atomic E-state index is 10.7. The van der Waals surface area contributed by atoms with Gasteiger partial charge in [0.15, 0.2) is 0 Å². The molecule has 0 bridgehead atoms. The van der Waals surface area contributed by atoms with Gasteiger partial charge in [0, 0.05) is 30.9 Å². The standard InChI is InChI=1S/C18H19N5O2/c1-13-17(14(2)22(20-13)15-7-5-4-6-8-15)12-21(3)18-10-9-16(11-19-18)23(24)25/h4-11H,12H2,1-3H3. The highest BCUT2D eigenvalue weighted by molar-refractivity contribution is 5.44. The molecule has 0 aliphatic heterocycles. The van der Waals surface area contributed by atoms with Crippen LogP contribution in [0, 0.1) is 24.0 Å². The highest BCUT2D eigenvalue weighted by atomic mass is 16.6. The van der Waals surface area contributed by atoms with Crippen LogP contribution >= 0.6 is 0 Å². The highest BCUT2D eigenvalue weighted by Crippen LogP contribution is 2.22. The molecular formula is C18H19N5O2. The van der Waals surface area contributed by atoms with Gasteiger partial charge in [-0.05, 0) is 32.0 Å². The minimum absolute atomic E-state index is 0.0126. The summed E-state index contributed by atoms with van der Waals surface area (Å²) in [5, 5.41) is 15.4. The first-order chi connectivity index (χ1) is 12.0. The molecule has 0 N–H and O–H groups in total. The van der Waals surface area contributed by atoms with Gasteiger partial charge in [-0.3, -0.25) is 10.1 Å². The molecule has 7 heteroatoms. The molecule has 128 valence electrons. The Morgan fingerprint density at radius 3 is 2.48 bits per heavy atom. The number of hydrogen-bond acceptors (Lipinski definition) is 5. The molecule has 0 saturated heterocycles. The lowest BCUT2D eigenvalue weighted by atomic mass is 10.2. The summed E-state index contributed by atoms with van der Waals surface area (Å²) in [6, 6.07) is 13.1. The number of anilines is 1. The summed E-state index contributed by atoms with van der Waals surface area (Å²) in [4.78, 5) is 16.4. The van der Waals surface area contributed by atoms with Crippen molar-refractivity contribution >= 4 is 11.5 Å². The number of aryl methyl sites for hydroxylation is 1. The van der Waals surface area contributed by atoms with Gasteiger partial charge in [-0.1, -0.05) is 18.2 Å². The van der Waals surface area contributed by atoms with E-state index in [1.54, 1.807) is 6.07 Å².